The standard InChI is InChI=1S/C19H24O2/c1-4-20-14-15-21-18-12-10-17(11-13-18)19(2,3)16-8-6-5-7-9-16/h5-13H,4,14-15H2,1-3H3. The third kappa shape index (κ3) is 4.08. The number of rotatable bonds is 7. The van der Waals surface area contributed by atoms with Gasteiger partial charge in [-0.2, -0.15) is 0 Å². The minimum Gasteiger partial charge on any atom is -0.491 e. The lowest BCUT2D eigenvalue weighted by Gasteiger charge is -2.26. The molecule has 21 heavy (non-hydrogen) atoms. The molecule has 2 aromatic carbocycles. The maximum absolute atomic E-state index is 5.66. The third-order valence-electron chi connectivity index (χ3n) is 3.77. The second-order valence-corrected chi connectivity index (χ2v) is 5.56. The van der Waals surface area contributed by atoms with Crippen molar-refractivity contribution >= 4 is 0 Å². The van der Waals surface area contributed by atoms with E-state index in [9.17, 15) is 0 Å². The average molecular weight is 284 g/mol. The molecule has 0 heterocycles. The van der Waals surface area contributed by atoms with Crippen LogP contribution in [0.4, 0.5) is 0 Å². The molecule has 2 rings (SSSR count). The number of ether oxygens (including phenoxy) is 2. The molecule has 0 saturated heterocycles. The minimum absolute atomic E-state index is 0.00882. The highest BCUT2D eigenvalue weighted by atomic mass is 16.5. The third-order valence-corrected chi connectivity index (χ3v) is 3.77. The first-order chi connectivity index (χ1) is 10.1. The molecule has 0 bridgehead atoms. The highest BCUT2D eigenvalue weighted by Crippen LogP contribution is 2.32. The Morgan fingerprint density at radius 2 is 1.43 bits per heavy atom. The molecule has 0 aliphatic heterocycles. The van der Waals surface area contributed by atoms with Gasteiger partial charge >= 0.3 is 0 Å². The van der Waals surface area contributed by atoms with Crippen LogP contribution >= 0.6 is 0 Å². The van der Waals surface area contributed by atoms with E-state index in [4.69, 9.17) is 9.47 Å². The van der Waals surface area contributed by atoms with Crippen molar-refractivity contribution in [3.8, 4) is 5.75 Å². The fraction of sp³-hybridized carbons (Fsp3) is 0.368. The van der Waals surface area contributed by atoms with Crippen molar-refractivity contribution in [2.45, 2.75) is 26.2 Å². The van der Waals surface area contributed by atoms with E-state index >= 15 is 0 Å². The molecule has 2 aromatic rings. The van der Waals surface area contributed by atoms with E-state index in [0.29, 0.717) is 13.2 Å². The van der Waals surface area contributed by atoms with Crippen molar-refractivity contribution in [2.75, 3.05) is 19.8 Å². The van der Waals surface area contributed by atoms with Crippen molar-refractivity contribution in [3.63, 3.8) is 0 Å². The Morgan fingerprint density at radius 3 is 2.05 bits per heavy atom. The van der Waals surface area contributed by atoms with Gasteiger partial charge in [0.25, 0.3) is 0 Å². The smallest absolute Gasteiger partial charge is 0.119 e. The lowest BCUT2D eigenvalue weighted by Crippen LogP contribution is -2.18. The quantitative estimate of drug-likeness (QED) is 0.700. The molecule has 0 radical (unpaired) electrons. The zero-order valence-corrected chi connectivity index (χ0v) is 13.1. The van der Waals surface area contributed by atoms with Gasteiger partial charge in [0.05, 0.1) is 6.61 Å². The van der Waals surface area contributed by atoms with Crippen LogP contribution < -0.4 is 4.74 Å². The van der Waals surface area contributed by atoms with Crippen molar-refractivity contribution in [1.82, 2.24) is 0 Å². The zero-order valence-electron chi connectivity index (χ0n) is 13.1. The molecule has 0 spiro atoms. The van der Waals surface area contributed by atoms with Crippen molar-refractivity contribution in [3.05, 3.63) is 65.7 Å². The van der Waals surface area contributed by atoms with E-state index < -0.39 is 0 Å². The predicted octanol–water partition coefficient (Wildman–Crippen LogP) is 4.43. The SMILES string of the molecule is CCOCCOc1ccc(C(C)(C)c2ccccc2)cc1. The molecular formula is C19H24O2. The minimum atomic E-state index is -0.00882. The number of benzene rings is 2. The van der Waals surface area contributed by atoms with E-state index in [1.54, 1.807) is 0 Å². The van der Waals surface area contributed by atoms with Gasteiger partial charge in [-0.1, -0.05) is 56.3 Å². The van der Waals surface area contributed by atoms with Crippen molar-refractivity contribution in [1.29, 1.82) is 0 Å². The Morgan fingerprint density at radius 1 is 0.810 bits per heavy atom. The summed E-state index contributed by atoms with van der Waals surface area (Å²) in [5.41, 5.74) is 2.59. The Kier molecular flexibility index (Phi) is 5.40. The normalized spacial score (nSPS) is 11.4. The molecule has 0 amide bonds. The second-order valence-electron chi connectivity index (χ2n) is 5.56. The van der Waals surface area contributed by atoms with Crippen LogP contribution in [0.5, 0.6) is 5.75 Å². The van der Waals surface area contributed by atoms with Crippen LogP contribution in [0, 0.1) is 0 Å². The van der Waals surface area contributed by atoms with Crippen LogP contribution in [0.2, 0.25) is 0 Å². The van der Waals surface area contributed by atoms with Gasteiger partial charge in [0.15, 0.2) is 0 Å². The van der Waals surface area contributed by atoms with Gasteiger partial charge in [-0.15, -0.1) is 0 Å². The van der Waals surface area contributed by atoms with E-state index in [0.717, 1.165) is 12.4 Å². The second kappa shape index (κ2) is 7.28. The first kappa shape index (κ1) is 15.6. The zero-order chi connectivity index (χ0) is 15.1. The summed E-state index contributed by atoms with van der Waals surface area (Å²) in [6.07, 6.45) is 0. The molecule has 112 valence electrons. The lowest BCUT2D eigenvalue weighted by molar-refractivity contribution is 0.110. The first-order valence-corrected chi connectivity index (χ1v) is 7.51. The van der Waals surface area contributed by atoms with Crippen molar-refractivity contribution < 1.29 is 9.47 Å². The molecule has 0 aliphatic rings. The van der Waals surface area contributed by atoms with Crippen molar-refractivity contribution in [2.24, 2.45) is 0 Å². The summed E-state index contributed by atoms with van der Waals surface area (Å²) >= 11 is 0. The molecule has 2 heteroatoms. The van der Waals surface area contributed by atoms with Gasteiger partial charge in [-0.05, 0) is 30.2 Å². The van der Waals surface area contributed by atoms with Crippen LogP contribution in [0.3, 0.4) is 0 Å². The molecule has 2 nitrogen and oxygen atoms in total. The number of hydrogen-bond acceptors (Lipinski definition) is 2. The van der Waals surface area contributed by atoms with Gasteiger partial charge in [-0.25, -0.2) is 0 Å². The topological polar surface area (TPSA) is 18.5 Å². The Bertz CT molecular complexity index is 529. The summed E-state index contributed by atoms with van der Waals surface area (Å²) in [6.45, 7) is 8.43. The highest BCUT2D eigenvalue weighted by molar-refractivity contribution is 5.39. The molecule has 0 fully saturated rings. The maximum atomic E-state index is 5.66. The van der Waals surface area contributed by atoms with E-state index in [1.165, 1.54) is 11.1 Å². The predicted molar refractivity (Wildman–Crippen MR) is 87.0 cm³/mol. The largest absolute Gasteiger partial charge is 0.491 e. The van der Waals surface area contributed by atoms with Gasteiger partial charge in [-0.3, -0.25) is 0 Å². The Labute approximate surface area is 127 Å². The summed E-state index contributed by atoms with van der Waals surface area (Å²) in [7, 11) is 0. The van der Waals surface area contributed by atoms with Gasteiger partial charge in [0.2, 0.25) is 0 Å². The fourth-order valence-electron chi connectivity index (χ4n) is 2.35. The van der Waals surface area contributed by atoms with E-state index in [-0.39, 0.29) is 5.41 Å². The summed E-state index contributed by atoms with van der Waals surface area (Å²) < 4.78 is 10.9. The molecule has 0 aliphatic carbocycles. The summed E-state index contributed by atoms with van der Waals surface area (Å²) in [5, 5.41) is 0. The van der Waals surface area contributed by atoms with Crippen LogP contribution in [0.25, 0.3) is 0 Å². The summed E-state index contributed by atoms with van der Waals surface area (Å²) in [5.74, 6) is 0.891. The first-order valence-electron chi connectivity index (χ1n) is 7.51. The highest BCUT2D eigenvalue weighted by Gasteiger charge is 2.22. The van der Waals surface area contributed by atoms with E-state index in [2.05, 4.69) is 56.3 Å². The molecule has 0 saturated carbocycles. The van der Waals surface area contributed by atoms with Crippen LogP contribution in [-0.4, -0.2) is 19.8 Å². The molecule has 0 atom stereocenters. The lowest BCUT2D eigenvalue weighted by atomic mass is 9.78. The van der Waals surface area contributed by atoms with Gasteiger partial charge in [0.1, 0.15) is 12.4 Å². The number of hydrogen-bond donors (Lipinski definition) is 0. The van der Waals surface area contributed by atoms with Gasteiger partial charge in [0, 0.05) is 12.0 Å². The van der Waals surface area contributed by atoms with Crippen LogP contribution in [-0.2, 0) is 10.2 Å². The fourth-order valence-corrected chi connectivity index (χ4v) is 2.35. The summed E-state index contributed by atoms with van der Waals surface area (Å²) in [6, 6.07) is 18.9. The summed E-state index contributed by atoms with van der Waals surface area (Å²) in [4.78, 5) is 0. The molecular weight excluding hydrogens is 260 g/mol. The average Bonchev–Trinajstić information content (AvgIpc) is 2.53. The monoisotopic (exact) mass is 284 g/mol. The maximum Gasteiger partial charge on any atom is 0.119 e. The molecule has 0 aromatic heterocycles. The Balaban J connectivity index is 2.04. The van der Waals surface area contributed by atoms with Crippen LogP contribution in [0.15, 0.2) is 54.6 Å². The molecule has 0 N–H and O–H groups in total. The van der Waals surface area contributed by atoms with Gasteiger partial charge < -0.3 is 9.47 Å². The Hall–Kier alpha value is -1.80. The van der Waals surface area contributed by atoms with E-state index in [1.807, 2.05) is 19.1 Å². The molecule has 0 unspecified atom stereocenters. The van der Waals surface area contributed by atoms with Crippen LogP contribution in [0.1, 0.15) is 31.9 Å².